The van der Waals surface area contributed by atoms with Crippen molar-refractivity contribution in [2.24, 2.45) is 7.05 Å². The van der Waals surface area contributed by atoms with Crippen molar-refractivity contribution in [3.8, 4) is 0 Å². The fourth-order valence-corrected chi connectivity index (χ4v) is 3.20. The Morgan fingerprint density at radius 2 is 2.32 bits per heavy atom. The van der Waals surface area contributed by atoms with Crippen LogP contribution in [0.25, 0.3) is 0 Å². The van der Waals surface area contributed by atoms with Crippen molar-refractivity contribution >= 4 is 27.3 Å². The Hall–Kier alpha value is -1.71. The second-order valence-electron chi connectivity index (χ2n) is 3.77. The predicted octanol–water partition coefficient (Wildman–Crippen LogP) is 0.658. The van der Waals surface area contributed by atoms with Gasteiger partial charge in [0, 0.05) is 24.8 Å². The van der Waals surface area contributed by atoms with Crippen LogP contribution in [0.3, 0.4) is 0 Å². The number of hydrogen-bond acceptors (Lipinski definition) is 5. The largest absolute Gasteiger partial charge is 0.476 e. The lowest BCUT2D eigenvalue weighted by Gasteiger charge is -2.02. The summed E-state index contributed by atoms with van der Waals surface area (Å²) in [6.07, 6.45) is 3.10. The van der Waals surface area contributed by atoms with Gasteiger partial charge >= 0.3 is 5.97 Å². The molecular formula is C10H11N3O4S2. The van der Waals surface area contributed by atoms with E-state index in [1.54, 1.807) is 17.8 Å². The van der Waals surface area contributed by atoms with Crippen molar-refractivity contribution in [3.05, 3.63) is 34.5 Å². The van der Waals surface area contributed by atoms with Crippen LogP contribution in [0.4, 0.5) is 0 Å². The summed E-state index contributed by atoms with van der Waals surface area (Å²) in [5.74, 6) is -1.13. The fourth-order valence-electron chi connectivity index (χ4n) is 1.37. The lowest BCUT2D eigenvalue weighted by Crippen LogP contribution is -2.22. The third-order valence-corrected chi connectivity index (χ3v) is 4.53. The molecule has 19 heavy (non-hydrogen) atoms. The Morgan fingerprint density at radius 1 is 1.58 bits per heavy atom. The number of sulfonamides is 1. The van der Waals surface area contributed by atoms with E-state index in [-0.39, 0.29) is 17.1 Å². The molecule has 0 fully saturated rings. The van der Waals surface area contributed by atoms with Crippen LogP contribution in [0.15, 0.2) is 28.7 Å². The van der Waals surface area contributed by atoms with Gasteiger partial charge in [0.1, 0.15) is 5.01 Å². The van der Waals surface area contributed by atoms with Gasteiger partial charge in [0.2, 0.25) is 10.0 Å². The molecular weight excluding hydrogens is 290 g/mol. The number of nitrogens with zero attached hydrogens (tertiary/aromatic N) is 2. The van der Waals surface area contributed by atoms with Gasteiger partial charge in [-0.3, -0.25) is 0 Å². The van der Waals surface area contributed by atoms with Crippen molar-refractivity contribution in [2.45, 2.75) is 11.4 Å². The summed E-state index contributed by atoms with van der Waals surface area (Å²) in [5.41, 5.74) is -0.0843. The van der Waals surface area contributed by atoms with E-state index < -0.39 is 16.0 Å². The van der Waals surface area contributed by atoms with Crippen LogP contribution in [0.1, 0.15) is 15.5 Å². The van der Waals surface area contributed by atoms with Crippen molar-refractivity contribution < 1.29 is 18.3 Å². The molecule has 0 unspecified atom stereocenters. The van der Waals surface area contributed by atoms with Gasteiger partial charge < -0.3 is 9.67 Å². The minimum absolute atomic E-state index is 0.0326. The van der Waals surface area contributed by atoms with Crippen LogP contribution in [-0.2, 0) is 23.6 Å². The summed E-state index contributed by atoms with van der Waals surface area (Å²) < 4.78 is 27.8. The van der Waals surface area contributed by atoms with E-state index in [9.17, 15) is 13.2 Å². The summed E-state index contributed by atoms with van der Waals surface area (Å²) in [6.45, 7) is -0.0326. The third-order valence-electron chi connectivity index (χ3n) is 2.30. The SMILES string of the molecule is Cn1ccc(S(=O)(=O)NCc2nc(C(=O)O)cs2)c1. The van der Waals surface area contributed by atoms with Crippen LogP contribution in [-0.4, -0.2) is 29.0 Å². The number of hydrogen-bond donors (Lipinski definition) is 2. The quantitative estimate of drug-likeness (QED) is 0.844. The minimum atomic E-state index is -3.60. The second kappa shape index (κ2) is 5.11. The first kappa shape index (κ1) is 13.7. The Balaban J connectivity index is 2.07. The Morgan fingerprint density at radius 3 is 2.84 bits per heavy atom. The number of carboxylic acid groups (broad SMARTS) is 1. The van der Waals surface area contributed by atoms with E-state index in [0.29, 0.717) is 5.01 Å². The van der Waals surface area contributed by atoms with Gasteiger partial charge in [0.15, 0.2) is 5.69 Å². The number of carbonyl (C=O) groups is 1. The molecule has 0 aromatic carbocycles. The van der Waals surface area contributed by atoms with E-state index >= 15 is 0 Å². The molecule has 0 bridgehead atoms. The maximum absolute atomic E-state index is 11.9. The molecule has 0 saturated carbocycles. The number of aromatic carboxylic acids is 1. The summed E-state index contributed by atoms with van der Waals surface area (Å²) >= 11 is 1.09. The molecule has 0 atom stereocenters. The maximum atomic E-state index is 11.9. The molecule has 2 aromatic heterocycles. The molecule has 0 radical (unpaired) electrons. The third kappa shape index (κ3) is 3.19. The molecule has 0 aliphatic carbocycles. The Bertz CT molecular complexity index is 702. The number of aromatic nitrogens is 2. The lowest BCUT2D eigenvalue weighted by atomic mass is 10.5. The average Bonchev–Trinajstić information content (AvgIpc) is 2.95. The van der Waals surface area contributed by atoms with E-state index in [2.05, 4.69) is 9.71 Å². The van der Waals surface area contributed by atoms with E-state index in [0.717, 1.165) is 11.3 Å². The molecule has 0 amide bonds. The maximum Gasteiger partial charge on any atom is 0.355 e. The van der Waals surface area contributed by atoms with Gasteiger partial charge in [-0.2, -0.15) is 0 Å². The van der Waals surface area contributed by atoms with Gasteiger partial charge in [0.05, 0.1) is 11.4 Å². The molecule has 0 spiro atoms. The Kier molecular flexibility index (Phi) is 3.69. The van der Waals surface area contributed by atoms with Crippen molar-refractivity contribution in [1.82, 2.24) is 14.3 Å². The molecule has 2 heterocycles. The van der Waals surface area contributed by atoms with E-state index in [1.807, 2.05) is 0 Å². The molecule has 0 aliphatic heterocycles. The van der Waals surface area contributed by atoms with Crippen LogP contribution in [0.5, 0.6) is 0 Å². The highest BCUT2D eigenvalue weighted by Gasteiger charge is 2.16. The first-order valence-electron chi connectivity index (χ1n) is 5.18. The molecule has 0 saturated heterocycles. The number of thiazole rings is 1. The fraction of sp³-hybridized carbons (Fsp3) is 0.200. The monoisotopic (exact) mass is 301 g/mol. The normalized spacial score (nSPS) is 11.6. The average molecular weight is 301 g/mol. The first-order chi connectivity index (χ1) is 8.88. The topological polar surface area (TPSA) is 101 Å². The van der Waals surface area contributed by atoms with Crippen LogP contribution in [0, 0.1) is 0 Å². The standard InChI is InChI=1S/C10H11N3O4S2/c1-13-3-2-7(5-13)19(16,17)11-4-9-12-8(6-18-9)10(14)15/h2-3,5-6,11H,4H2,1H3,(H,14,15). The Labute approximate surface area is 113 Å². The molecule has 7 nitrogen and oxygen atoms in total. The first-order valence-corrected chi connectivity index (χ1v) is 7.54. The molecule has 2 rings (SSSR count). The highest BCUT2D eigenvalue weighted by atomic mass is 32.2. The van der Waals surface area contributed by atoms with Crippen molar-refractivity contribution in [2.75, 3.05) is 0 Å². The highest BCUT2D eigenvalue weighted by Crippen LogP contribution is 2.12. The lowest BCUT2D eigenvalue weighted by molar-refractivity contribution is 0.0691. The van der Waals surface area contributed by atoms with Gasteiger partial charge in [-0.15, -0.1) is 11.3 Å². The summed E-state index contributed by atoms with van der Waals surface area (Å²) in [5, 5.41) is 10.5. The van der Waals surface area contributed by atoms with Gasteiger partial charge in [-0.1, -0.05) is 0 Å². The summed E-state index contributed by atoms with van der Waals surface area (Å²) in [6, 6.07) is 1.48. The van der Waals surface area contributed by atoms with Gasteiger partial charge in [-0.25, -0.2) is 22.9 Å². The minimum Gasteiger partial charge on any atom is -0.476 e. The zero-order valence-electron chi connectivity index (χ0n) is 9.90. The molecule has 2 aromatic rings. The van der Waals surface area contributed by atoms with Gasteiger partial charge in [-0.05, 0) is 6.07 Å². The molecule has 9 heteroatoms. The molecule has 0 aliphatic rings. The van der Waals surface area contributed by atoms with Crippen LogP contribution >= 0.6 is 11.3 Å². The van der Waals surface area contributed by atoms with Crippen LogP contribution < -0.4 is 4.72 Å². The molecule has 2 N–H and O–H groups in total. The van der Waals surface area contributed by atoms with E-state index in [1.165, 1.54) is 17.6 Å². The number of carboxylic acids is 1. The highest BCUT2D eigenvalue weighted by molar-refractivity contribution is 7.89. The van der Waals surface area contributed by atoms with Gasteiger partial charge in [0.25, 0.3) is 0 Å². The summed E-state index contributed by atoms with van der Waals surface area (Å²) in [7, 11) is -1.88. The zero-order chi connectivity index (χ0) is 14.0. The number of nitrogens with one attached hydrogen (secondary N) is 1. The van der Waals surface area contributed by atoms with Crippen molar-refractivity contribution in [1.29, 1.82) is 0 Å². The predicted molar refractivity (Wildman–Crippen MR) is 68.5 cm³/mol. The zero-order valence-corrected chi connectivity index (χ0v) is 11.5. The molecule has 102 valence electrons. The smallest absolute Gasteiger partial charge is 0.355 e. The summed E-state index contributed by atoms with van der Waals surface area (Å²) in [4.78, 5) is 14.6. The number of aryl methyl sites for hydroxylation is 1. The van der Waals surface area contributed by atoms with E-state index in [4.69, 9.17) is 5.11 Å². The van der Waals surface area contributed by atoms with Crippen molar-refractivity contribution in [3.63, 3.8) is 0 Å². The second-order valence-corrected chi connectivity index (χ2v) is 6.48. The van der Waals surface area contributed by atoms with Crippen LogP contribution in [0.2, 0.25) is 0 Å². The number of rotatable bonds is 5.